The predicted molar refractivity (Wildman–Crippen MR) is 91.0 cm³/mol. The van der Waals surface area contributed by atoms with Crippen molar-refractivity contribution in [3.63, 3.8) is 0 Å². The van der Waals surface area contributed by atoms with Crippen LogP contribution in [0.1, 0.15) is 39.8 Å². The van der Waals surface area contributed by atoms with E-state index in [-0.39, 0.29) is 17.5 Å². The van der Waals surface area contributed by atoms with Crippen molar-refractivity contribution in [1.29, 1.82) is 0 Å². The SMILES string of the molecule is CCCNC(=O)c1cc(C(=O)NCc2ccccc2OC)ccn1. The third-order valence-corrected chi connectivity index (χ3v) is 3.42. The Labute approximate surface area is 141 Å². The number of aromatic nitrogens is 1. The number of nitrogens with one attached hydrogen (secondary N) is 2. The number of ether oxygens (including phenoxy) is 1. The van der Waals surface area contributed by atoms with Crippen LogP contribution in [0.15, 0.2) is 42.6 Å². The third-order valence-electron chi connectivity index (χ3n) is 3.42. The van der Waals surface area contributed by atoms with Gasteiger partial charge < -0.3 is 15.4 Å². The van der Waals surface area contributed by atoms with Crippen molar-refractivity contribution in [2.45, 2.75) is 19.9 Å². The maximum absolute atomic E-state index is 12.3. The Kier molecular flexibility index (Phi) is 6.31. The van der Waals surface area contributed by atoms with Crippen LogP contribution in [0.3, 0.4) is 0 Å². The standard InChI is InChI=1S/C18H21N3O3/c1-3-9-20-18(23)15-11-13(8-10-19-15)17(22)21-12-14-6-4-5-7-16(14)24-2/h4-8,10-11H,3,9,12H2,1-2H3,(H,20,23)(H,21,22). The molecule has 0 atom stereocenters. The van der Waals surface area contributed by atoms with Gasteiger partial charge in [0.2, 0.25) is 0 Å². The highest BCUT2D eigenvalue weighted by Crippen LogP contribution is 2.16. The molecule has 1 heterocycles. The highest BCUT2D eigenvalue weighted by Gasteiger charge is 2.12. The van der Waals surface area contributed by atoms with Crippen molar-refractivity contribution in [2.24, 2.45) is 0 Å². The van der Waals surface area contributed by atoms with Crippen molar-refractivity contribution in [3.05, 3.63) is 59.4 Å². The number of amides is 2. The molecule has 2 rings (SSSR count). The van der Waals surface area contributed by atoms with Crippen LogP contribution in [0.25, 0.3) is 0 Å². The maximum Gasteiger partial charge on any atom is 0.269 e. The van der Waals surface area contributed by atoms with Crippen LogP contribution in [0, 0.1) is 0 Å². The molecule has 0 radical (unpaired) electrons. The van der Waals surface area contributed by atoms with Gasteiger partial charge in [-0.15, -0.1) is 0 Å². The van der Waals surface area contributed by atoms with Gasteiger partial charge in [-0.05, 0) is 24.6 Å². The Bertz CT molecular complexity index is 716. The fourth-order valence-corrected chi connectivity index (χ4v) is 2.15. The Morgan fingerprint density at radius 3 is 2.67 bits per heavy atom. The first-order valence-electron chi connectivity index (χ1n) is 7.80. The van der Waals surface area contributed by atoms with Crippen molar-refractivity contribution in [2.75, 3.05) is 13.7 Å². The second kappa shape index (κ2) is 8.67. The molecule has 1 aromatic heterocycles. The van der Waals surface area contributed by atoms with Gasteiger partial charge in [0, 0.05) is 30.4 Å². The van der Waals surface area contributed by atoms with Gasteiger partial charge in [0.15, 0.2) is 0 Å². The van der Waals surface area contributed by atoms with E-state index in [1.165, 1.54) is 12.3 Å². The minimum absolute atomic E-state index is 0.230. The number of nitrogens with zero attached hydrogens (tertiary/aromatic N) is 1. The normalized spacial score (nSPS) is 10.1. The maximum atomic E-state index is 12.3. The predicted octanol–water partition coefficient (Wildman–Crippen LogP) is 2.16. The summed E-state index contributed by atoms with van der Waals surface area (Å²) in [5.41, 5.74) is 1.50. The van der Waals surface area contributed by atoms with Gasteiger partial charge in [0.25, 0.3) is 11.8 Å². The van der Waals surface area contributed by atoms with Crippen molar-refractivity contribution < 1.29 is 14.3 Å². The monoisotopic (exact) mass is 327 g/mol. The summed E-state index contributed by atoms with van der Waals surface area (Å²) in [6.45, 7) is 2.88. The summed E-state index contributed by atoms with van der Waals surface area (Å²) in [4.78, 5) is 28.2. The van der Waals surface area contributed by atoms with Crippen LogP contribution in [0.5, 0.6) is 5.75 Å². The molecule has 1 aromatic carbocycles. The van der Waals surface area contributed by atoms with Gasteiger partial charge in [-0.2, -0.15) is 0 Å². The molecule has 0 aliphatic carbocycles. The summed E-state index contributed by atoms with van der Waals surface area (Å²) in [5.74, 6) is 0.163. The Morgan fingerprint density at radius 2 is 1.92 bits per heavy atom. The first kappa shape index (κ1) is 17.5. The summed E-state index contributed by atoms with van der Waals surface area (Å²) in [6, 6.07) is 10.5. The highest BCUT2D eigenvalue weighted by molar-refractivity contribution is 5.98. The summed E-state index contributed by atoms with van der Waals surface area (Å²) >= 11 is 0. The van der Waals surface area contributed by atoms with Crippen molar-refractivity contribution in [3.8, 4) is 5.75 Å². The molecule has 6 nitrogen and oxygen atoms in total. The summed E-state index contributed by atoms with van der Waals surface area (Å²) in [5, 5.41) is 5.56. The van der Waals surface area contributed by atoms with E-state index in [0.29, 0.717) is 24.4 Å². The van der Waals surface area contributed by atoms with Crippen LogP contribution >= 0.6 is 0 Å². The molecular weight excluding hydrogens is 306 g/mol. The average Bonchev–Trinajstić information content (AvgIpc) is 2.64. The van der Waals surface area contributed by atoms with E-state index in [1.807, 2.05) is 31.2 Å². The molecule has 0 unspecified atom stereocenters. The number of hydrogen-bond donors (Lipinski definition) is 2. The number of hydrogen-bond acceptors (Lipinski definition) is 4. The molecule has 0 bridgehead atoms. The molecule has 126 valence electrons. The van der Waals surface area contributed by atoms with Crippen LogP contribution in [-0.4, -0.2) is 30.5 Å². The number of para-hydroxylation sites is 1. The lowest BCUT2D eigenvalue weighted by Gasteiger charge is -2.10. The summed E-state index contributed by atoms with van der Waals surface area (Å²) in [7, 11) is 1.59. The molecule has 0 saturated heterocycles. The molecular formula is C18H21N3O3. The molecule has 0 spiro atoms. The lowest BCUT2D eigenvalue weighted by atomic mass is 10.1. The van der Waals surface area contributed by atoms with Gasteiger partial charge in [0.1, 0.15) is 11.4 Å². The molecule has 0 saturated carbocycles. The summed E-state index contributed by atoms with van der Waals surface area (Å²) < 4.78 is 5.26. The first-order chi connectivity index (χ1) is 11.7. The molecule has 2 amide bonds. The minimum Gasteiger partial charge on any atom is -0.496 e. The molecule has 0 aliphatic rings. The molecule has 0 fully saturated rings. The van der Waals surface area contributed by atoms with Crippen LogP contribution in [0.2, 0.25) is 0 Å². The molecule has 0 aliphatic heterocycles. The fourth-order valence-electron chi connectivity index (χ4n) is 2.15. The van der Waals surface area contributed by atoms with Crippen LogP contribution in [0.4, 0.5) is 0 Å². The van der Waals surface area contributed by atoms with E-state index in [2.05, 4.69) is 15.6 Å². The van der Waals surface area contributed by atoms with Crippen molar-refractivity contribution in [1.82, 2.24) is 15.6 Å². The first-order valence-corrected chi connectivity index (χ1v) is 7.80. The van der Waals surface area contributed by atoms with Gasteiger partial charge in [-0.1, -0.05) is 25.1 Å². The quantitative estimate of drug-likeness (QED) is 0.816. The van der Waals surface area contributed by atoms with Gasteiger partial charge in [-0.3, -0.25) is 14.6 Å². The van der Waals surface area contributed by atoms with Gasteiger partial charge >= 0.3 is 0 Å². The van der Waals surface area contributed by atoms with E-state index in [1.54, 1.807) is 13.2 Å². The molecule has 2 N–H and O–H groups in total. The van der Waals surface area contributed by atoms with E-state index in [4.69, 9.17) is 4.74 Å². The van der Waals surface area contributed by atoms with Crippen LogP contribution < -0.4 is 15.4 Å². The Balaban J connectivity index is 2.03. The largest absolute Gasteiger partial charge is 0.496 e. The zero-order valence-electron chi connectivity index (χ0n) is 13.8. The zero-order valence-corrected chi connectivity index (χ0v) is 13.8. The second-order valence-corrected chi connectivity index (χ2v) is 5.18. The Morgan fingerprint density at radius 1 is 1.12 bits per heavy atom. The summed E-state index contributed by atoms with van der Waals surface area (Å²) in [6.07, 6.45) is 2.30. The average molecular weight is 327 g/mol. The van der Waals surface area contributed by atoms with Crippen LogP contribution in [-0.2, 0) is 6.54 Å². The molecule has 24 heavy (non-hydrogen) atoms. The number of rotatable bonds is 7. The number of carbonyl (C=O) groups excluding carboxylic acids is 2. The van der Waals surface area contributed by atoms with E-state index < -0.39 is 0 Å². The highest BCUT2D eigenvalue weighted by atomic mass is 16.5. The number of benzene rings is 1. The lowest BCUT2D eigenvalue weighted by molar-refractivity contribution is 0.0948. The lowest BCUT2D eigenvalue weighted by Crippen LogP contribution is -2.27. The van der Waals surface area contributed by atoms with Gasteiger partial charge in [0.05, 0.1) is 7.11 Å². The number of carbonyl (C=O) groups is 2. The third kappa shape index (κ3) is 4.55. The van der Waals surface area contributed by atoms with E-state index in [9.17, 15) is 9.59 Å². The van der Waals surface area contributed by atoms with Gasteiger partial charge in [-0.25, -0.2) is 0 Å². The Hall–Kier alpha value is -2.89. The second-order valence-electron chi connectivity index (χ2n) is 5.18. The van der Waals surface area contributed by atoms with E-state index in [0.717, 1.165) is 12.0 Å². The zero-order chi connectivity index (χ0) is 17.4. The molecule has 2 aromatic rings. The number of pyridine rings is 1. The molecule has 6 heteroatoms. The van der Waals surface area contributed by atoms with E-state index >= 15 is 0 Å². The number of methoxy groups -OCH3 is 1. The minimum atomic E-state index is -0.281. The topological polar surface area (TPSA) is 80.3 Å². The van der Waals surface area contributed by atoms with Crippen molar-refractivity contribution >= 4 is 11.8 Å². The smallest absolute Gasteiger partial charge is 0.269 e. The fraction of sp³-hybridized carbons (Fsp3) is 0.278.